The van der Waals surface area contributed by atoms with Crippen LogP contribution in [0.4, 0.5) is 5.69 Å². The first-order chi connectivity index (χ1) is 9.09. The molecule has 1 aliphatic heterocycles. The lowest BCUT2D eigenvalue weighted by molar-refractivity contribution is -0.122. The normalized spacial score (nSPS) is 18.9. The van der Waals surface area contributed by atoms with E-state index in [2.05, 4.69) is 5.32 Å². The molecule has 19 heavy (non-hydrogen) atoms. The van der Waals surface area contributed by atoms with Crippen molar-refractivity contribution in [2.24, 2.45) is 5.73 Å². The van der Waals surface area contributed by atoms with Crippen molar-refractivity contribution in [2.45, 2.75) is 18.9 Å². The summed E-state index contributed by atoms with van der Waals surface area (Å²) in [6.45, 7) is 0.293. The van der Waals surface area contributed by atoms with Crippen molar-refractivity contribution in [3.8, 4) is 0 Å². The fourth-order valence-corrected chi connectivity index (χ4v) is 2.01. The van der Waals surface area contributed by atoms with Crippen LogP contribution < -0.4 is 16.0 Å². The molecule has 1 saturated heterocycles. The maximum atomic E-state index is 12.1. The summed E-state index contributed by atoms with van der Waals surface area (Å²) < 4.78 is 0. The van der Waals surface area contributed by atoms with Crippen molar-refractivity contribution >= 4 is 23.4 Å². The van der Waals surface area contributed by atoms with E-state index in [9.17, 15) is 14.4 Å². The first kappa shape index (κ1) is 13.2. The van der Waals surface area contributed by atoms with Gasteiger partial charge in [0.1, 0.15) is 0 Å². The van der Waals surface area contributed by atoms with Crippen molar-refractivity contribution < 1.29 is 14.4 Å². The van der Waals surface area contributed by atoms with Gasteiger partial charge in [0.05, 0.1) is 18.2 Å². The zero-order valence-electron chi connectivity index (χ0n) is 10.3. The number of primary amides is 1. The number of carbonyl (C=O) groups is 3. The summed E-state index contributed by atoms with van der Waals surface area (Å²) in [5.41, 5.74) is 5.58. The number of nitrogens with two attached hydrogens (primary N) is 1. The zero-order chi connectivity index (χ0) is 13.8. The van der Waals surface area contributed by atoms with Crippen LogP contribution in [0.2, 0.25) is 0 Å². The maximum absolute atomic E-state index is 12.1. The minimum absolute atomic E-state index is 0.104. The molecule has 0 radical (unpaired) electrons. The van der Waals surface area contributed by atoms with Crippen LogP contribution in [0, 0.1) is 0 Å². The Kier molecular flexibility index (Phi) is 3.91. The third kappa shape index (κ3) is 2.97. The minimum Gasteiger partial charge on any atom is -0.370 e. The highest BCUT2D eigenvalue weighted by atomic mass is 16.2. The summed E-state index contributed by atoms with van der Waals surface area (Å²) in [5.74, 6) is -0.974. The first-order valence-corrected chi connectivity index (χ1v) is 6.03. The molecule has 1 atom stereocenters. The van der Waals surface area contributed by atoms with Gasteiger partial charge in [0.25, 0.3) is 5.91 Å². The molecule has 0 saturated carbocycles. The Morgan fingerprint density at radius 3 is 2.63 bits per heavy atom. The predicted molar refractivity (Wildman–Crippen MR) is 69.2 cm³/mol. The average Bonchev–Trinajstić information content (AvgIpc) is 2.65. The molecule has 1 heterocycles. The molecular weight excluding hydrogens is 246 g/mol. The molecule has 1 aromatic rings. The second kappa shape index (κ2) is 5.62. The van der Waals surface area contributed by atoms with Crippen LogP contribution in [-0.2, 0) is 14.4 Å². The van der Waals surface area contributed by atoms with Crippen LogP contribution in [-0.4, -0.2) is 30.3 Å². The Bertz CT molecular complexity index is 501. The molecule has 0 aromatic heterocycles. The summed E-state index contributed by atoms with van der Waals surface area (Å²) in [4.78, 5) is 35.8. The molecule has 0 spiro atoms. The fourth-order valence-electron chi connectivity index (χ4n) is 2.01. The molecular formula is C13H15N3O3. The molecule has 100 valence electrons. The SMILES string of the molecule is NC(=O)CCNC1CC(=O)N(c2ccccc2)C1=O. The van der Waals surface area contributed by atoms with E-state index in [1.165, 1.54) is 4.90 Å². The molecule has 6 heteroatoms. The number of nitrogens with one attached hydrogen (secondary N) is 1. The van der Waals surface area contributed by atoms with Gasteiger partial charge in [0.2, 0.25) is 11.8 Å². The number of nitrogens with zero attached hydrogens (tertiary/aromatic N) is 1. The molecule has 1 unspecified atom stereocenters. The number of para-hydroxylation sites is 1. The fraction of sp³-hybridized carbons (Fsp3) is 0.308. The van der Waals surface area contributed by atoms with Gasteiger partial charge in [-0.3, -0.25) is 14.4 Å². The predicted octanol–water partition coefficient (Wildman–Crippen LogP) is -0.216. The molecule has 0 aliphatic carbocycles. The molecule has 1 fully saturated rings. The van der Waals surface area contributed by atoms with Crippen molar-refractivity contribution in [1.29, 1.82) is 0 Å². The molecule has 3 N–H and O–H groups in total. The number of benzene rings is 1. The highest BCUT2D eigenvalue weighted by molar-refractivity contribution is 6.22. The van der Waals surface area contributed by atoms with Crippen LogP contribution in [0.5, 0.6) is 0 Å². The number of amides is 3. The van der Waals surface area contributed by atoms with Crippen LogP contribution in [0.1, 0.15) is 12.8 Å². The molecule has 0 bridgehead atoms. The largest absolute Gasteiger partial charge is 0.370 e. The molecule has 1 aliphatic rings. The van der Waals surface area contributed by atoms with E-state index in [0.29, 0.717) is 12.2 Å². The summed E-state index contributed by atoms with van der Waals surface area (Å²) in [6, 6.07) is 8.19. The summed E-state index contributed by atoms with van der Waals surface area (Å²) >= 11 is 0. The van der Waals surface area contributed by atoms with Gasteiger partial charge in [0, 0.05) is 13.0 Å². The Labute approximate surface area is 110 Å². The lowest BCUT2D eigenvalue weighted by Gasteiger charge is -2.15. The van der Waals surface area contributed by atoms with Gasteiger partial charge in [-0.25, -0.2) is 4.90 Å². The summed E-state index contributed by atoms with van der Waals surface area (Å²) in [7, 11) is 0. The Balaban J connectivity index is 2.03. The van der Waals surface area contributed by atoms with Crippen LogP contribution in [0.25, 0.3) is 0 Å². The first-order valence-electron chi connectivity index (χ1n) is 6.03. The second-order valence-electron chi connectivity index (χ2n) is 4.33. The third-order valence-electron chi connectivity index (χ3n) is 2.92. The van der Waals surface area contributed by atoms with Gasteiger partial charge in [-0.05, 0) is 12.1 Å². The van der Waals surface area contributed by atoms with Crippen LogP contribution in [0.15, 0.2) is 30.3 Å². The van der Waals surface area contributed by atoms with E-state index in [1.807, 2.05) is 6.07 Å². The van der Waals surface area contributed by atoms with Crippen molar-refractivity contribution in [3.05, 3.63) is 30.3 Å². The van der Waals surface area contributed by atoms with Gasteiger partial charge in [-0.15, -0.1) is 0 Å². The quantitative estimate of drug-likeness (QED) is 0.717. The Morgan fingerprint density at radius 1 is 1.32 bits per heavy atom. The topological polar surface area (TPSA) is 92.5 Å². The Morgan fingerprint density at radius 2 is 2.00 bits per heavy atom. The van der Waals surface area contributed by atoms with Crippen LogP contribution in [0.3, 0.4) is 0 Å². The monoisotopic (exact) mass is 261 g/mol. The minimum atomic E-state index is -0.577. The lowest BCUT2D eigenvalue weighted by Crippen LogP contribution is -2.40. The maximum Gasteiger partial charge on any atom is 0.251 e. The number of hydrogen-bond donors (Lipinski definition) is 2. The number of carbonyl (C=O) groups excluding carboxylic acids is 3. The lowest BCUT2D eigenvalue weighted by atomic mass is 10.2. The molecule has 6 nitrogen and oxygen atoms in total. The van der Waals surface area contributed by atoms with E-state index in [4.69, 9.17) is 5.73 Å². The molecule has 2 rings (SSSR count). The average molecular weight is 261 g/mol. The number of hydrogen-bond acceptors (Lipinski definition) is 4. The highest BCUT2D eigenvalue weighted by Crippen LogP contribution is 2.22. The summed E-state index contributed by atoms with van der Waals surface area (Å²) in [5, 5.41) is 2.88. The zero-order valence-corrected chi connectivity index (χ0v) is 10.3. The highest BCUT2D eigenvalue weighted by Gasteiger charge is 2.38. The summed E-state index contributed by atoms with van der Waals surface area (Å²) in [6.07, 6.45) is 0.246. The van der Waals surface area contributed by atoms with Gasteiger partial charge < -0.3 is 11.1 Å². The molecule has 1 aromatic carbocycles. The number of anilines is 1. The van der Waals surface area contributed by atoms with Gasteiger partial charge in [0.15, 0.2) is 0 Å². The van der Waals surface area contributed by atoms with Crippen molar-refractivity contribution in [1.82, 2.24) is 5.32 Å². The number of imide groups is 1. The van der Waals surface area contributed by atoms with E-state index in [1.54, 1.807) is 24.3 Å². The van der Waals surface area contributed by atoms with E-state index in [0.717, 1.165) is 0 Å². The Hall–Kier alpha value is -2.21. The molecule has 3 amide bonds. The van der Waals surface area contributed by atoms with Crippen LogP contribution >= 0.6 is 0 Å². The van der Waals surface area contributed by atoms with Crippen molar-refractivity contribution in [2.75, 3.05) is 11.4 Å². The van der Waals surface area contributed by atoms with Crippen molar-refractivity contribution in [3.63, 3.8) is 0 Å². The smallest absolute Gasteiger partial charge is 0.251 e. The number of rotatable bonds is 5. The van der Waals surface area contributed by atoms with Gasteiger partial charge in [-0.2, -0.15) is 0 Å². The van der Waals surface area contributed by atoms with Gasteiger partial charge in [-0.1, -0.05) is 18.2 Å². The standard InChI is InChI=1S/C13H15N3O3/c14-11(17)6-7-15-10-8-12(18)16(13(10)19)9-4-2-1-3-5-9/h1-5,10,15H,6-8H2,(H2,14,17). The van der Waals surface area contributed by atoms with Gasteiger partial charge >= 0.3 is 0 Å². The second-order valence-corrected chi connectivity index (χ2v) is 4.33. The van der Waals surface area contributed by atoms with E-state index >= 15 is 0 Å². The third-order valence-corrected chi connectivity index (χ3v) is 2.92. The van der Waals surface area contributed by atoms with E-state index in [-0.39, 0.29) is 24.7 Å². The van der Waals surface area contributed by atoms with E-state index < -0.39 is 11.9 Å².